The molecule has 0 saturated carbocycles. The van der Waals surface area contributed by atoms with Crippen LogP contribution in [0.2, 0.25) is 0 Å². The predicted molar refractivity (Wildman–Crippen MR) is 39.9 cm³/mol. The molecule has 0 aliphatic heterocycles. The highest BCUT2D eigenvalue weighted by molar-refractivity contribution is 7.55. The van der Waals surface area contributed by atoms with Gasteiger partial charge in [0.2, 0.25) is 0 Å². The summed E-state index contributed by atoms with van der Waals surface area (Å²) in [7, 11) is -4.82. The molecule has 0 amide bonds. The minimum absolute atomic E-state index is 0.531. The van der Waals surface area contributed by atoms with Crippen LogP contribution in [-0.4, -0.2) is 17.8 Å². The molecule has 88 valence electrons. The van der Waals surface area contributed by atoms with Gasteiger partial charge >= 0.3 is 26.0 Å². The van der Waals surface area contributed by atoms with Gasteiger partial charge in [0, 0.05) is 5.57 Å². The molecule has 0 aliphatic carbocycles. The Morgan fingerprint density at radius 3 is 1.67 bits per heavy atom. The van der Waals surface area contributed by atoms with Crippen molar-refractivity contribution < 1.29 is 35.7 Å². The maximum Gasteiger partial charge on any atom is 0.451 e. The summed E-state index contributed by atoms with van der Waals surface area (Å²) in [6, 6.07) is 0. The fraction of sp³-hybridized carbons (Fsp3) is 0.500. The lowest BCUT2D eigenvalue weighted by Crippen LogP contribution is -2.22. The first-order valence-corrected chi connectivity index (χ1v) is 4.54. The zero-order valence-corrected chi connectivity index (χ0v) is 8.13. The molecule has 0 aromatic rings. The highest BCUT2D eigenvalue weighted by Gasteiger charge is 2.61. The van der Waals surface area contributed by atoms with E-state index in [2.05, 4.69) is 11.1 Å². The summed E-state index contributed by atoms with van der Waals surface area (Å²) in [5.74, 6) is -13.0. The van der Waals surface area contributed by atoms with Gasteiger partial charge in [-0.1, -0.05) is 6.58 Å². The van der Waals surface area contributed by atoms with Gasteiger partial charge in [-0.15, -0.1) is 0 Å². The van der Waals surface area contributed by atoms with Crippen molar-refractivity contribution in [2.24, 2.45) is 0 Å². The molecule has 15 heavy (non-hydrogen) atoms. The lowest BCUT2D eigenvalue weighted by molar-refractivity contribution is -0.137. The van der Waals surface area contributed by atoms with Crippen LogP contribution in [-0.2, 0) is 9.32 Å². The first-order valence-electron chi connectivity index (χ1n) is 3.28. The number of hydrogen-bond donors (Lipinski definition) is 0. The van der Waals surface area contributed by atoms with Crippen LogP contribution < -0.4 is 0 Å². The molecule has 0 rings (SSSR count). The Labute approximate surface area is 81.7 Å². The zero-order chi connectivity index (χ0) is 12.4. The van der Waals surface area contributed by atoms with Crippen molar-refractivity contribution in [2.45, 2.75) is 18.8 Å². The third-order valence-electron chi connectivity index (χ3n) is 0.983. The van der Waals surface area contributed by atoms with Gasteiger partial charge in [0.05, 0.1) is 0 Å². The van der Waals surface area contributed by atoms with Crippen LogP contribution in [0.5, 0.6) is 0 Å². The molecule has 0 heterocycles. The quantitative estimate of drug-likeness (QED) is 0.428. The molecule has 0 unspecified atom stereocenters. The standard InChI is InChI=1S/C6H5F6O2P/c1-3(2)4(13)14-15(5(7,8)9)6(10,11)12/h1H2,2H3. The van der Waals surface area contributed by atoms with E-state index in [1.165, 1.54) is 0 Å². The number of alkyl halides is 6. The van der Waals surface area contributed by atoms with Gasteiger partial charge in [-0.2, -0.15) is 26.3 Å². The highest BCUT2D eigenvalue weighted by Crippen LogP contribution is 2.65. The van der Waals surface area contributed by atoms with E-state index in [9.17, 15) is 31.1 Å². The van der Waals surface area contributed by atoms with Crippen LogP contribution in [0.1, 0.15) is 6.92 Å². The van der Waals surface area contributed by atoms with Crippen LogP contribution >= 0.6 is 8.15 Å². The second kappa shape index (κ2) is 4.38. The van der Waals surface area contributed by atoms with Crippen LogP contribution in [0.25, 0.3) is 0 Å². The SMILES string of the molecule is C=C(C)C(=O)OP(C(F)(F)F)C(F)(F)F. The van der Waals surface area contributed by atoms with E-state index in [1.807, 2.05) is 0 Å². The summed E-state index contributed by atoms with van der Waals surface area (Å²) in [5.41, 5.74) is -0.531. The summed E-state index contributed by atoms with van der Waals surface area (Å²) < 4.78 is 74.4. The Hall–Kier alpha value is -0.780. The Kier molecular flexibility index (Phi) is 4.16. The van der Waals surface area contributed by atoms with Gasteiger partial charge in [-0.25, -0.2) is 4.79 Å². The molecule has 0 atom stereocenters. The zero-order valence-electron chi connectivity index (χ0n) is 7.24. The molecule has 0 aliphatic rings. The summed E-state index contributed by atoms with van der Waals surface area (Å²) in [5, 5.41) is 0. The van der Waals surface area contributed by atoms with Crippen LogP contribution in [0, 0.1) is 0 Å². The Bertz CT molecular complexity index is 254. The Morgan fingerprint density at radius 2 is 1.47 bits per heavy atom. The first kappa shape index (κ1) is 14.2. The summed E-state index contributed by atoms with van der Waals surface area (Å²) in [4.78, 5) is 10.5. The number of hydrogen-bond acceptors (Lipinski definition) is 2. The van der Waals surface area contributed by atoms with E-state index in [4.69, 9.17) is 0 Å². The third kappa shape index (κ3) is 4.51. The number of rotatable bonds is 2. The van der Waals surface area contributed by atoms with E-state index < -0.39 is 31.5 Å². The molecule has 0 saturated heterocycles. The summed E-state index contributed by atoms with van der Waals surface area (Å²) in [6.07, 6.45) is 0. The van der Waals surface area contributed by atoms with Gasteiger partial charge in [0.1, 0.15) is 0 Å². The van der Waals surface area contributed by atoms with Crippen LogP contribution in [0.15, 0.2) is 12.2 Å². The fourth-order valence-electron chi connectivity index (χ4n) is 0.408. The summed E-state index contributed by atoms with van der Waals surface area (Å²) in [6.45, 7) is 3.82. The minimum Gasteiger partial charge on any atom is -0.423 e. The molecule has 0 bridgehead atoms. The van der Waals surface area contributed by atoms with Gasteiger partial charge in [0.15, 0.2) is 0 Å². The number of halogens is 6. The molecule has 0 aromatic carbocycles. The van der Waals surface area contributed by atoms with Crippen molar-refractivity contribution in [3.63, 3.8) is 0 Å². The van der Waals surface area contributed by atoms with E-state index in [-0.39, 0.29) is 0 Å². The topological polar surface area (TPSA) is 26.3 Å². The fourth-order valence-corrected chi connectivity index (χ4v) is 1.22. The summed E-state index contributed by atoms with van der Waals surface area (Å²) >= 11 is 0. The number of carbonyl (C=O) groups excluding carboxylic acids is 1. The van der Waals surface area contributed by atoms with Crippen molar-refractivity contribution in [1.29, 1.82) is 0 Å². The largest absolute Gasteiger partial charge is 0.451 e. The lowest BCUT2D eigenvalue weighted by atomic mass is 10.4. The molecule has 0 fully saturated rings. The lowest BCUT2D eigenvalue weighted by Gasteiger charge is -2.21. The normalized spacial score (nSPS) is 12.8. The second-order valence-electron chi connectivity index (χ2n) is 2.39. The molecule has 0 radical (unpaired) electrons. The number of carbonyl (C=O) groups is 1. The van der Waals surface area contributed by atoms with E-state index >= 15 is 0 Å². The monoisotopic (exact) mass is 254 g/mol. The van der Waals surface area contributed by atoms with Crippen molar-refractivity contribution in [2.75, 3.05) is 0 Å². The van der Waals surface area contributed by atoms with E-state index in [1.54, 1.807) is 0 Å². The smallest absolute Gasteiger partial charge is 0.423 e. The second-order valence-corrected chi connectivity index (χ2v) is 4.17. The molecular formula is C6H5F6O2P. The van der Waals surface area contributed by atoms with Gasteiger partial charge < -0.3 is 4.52 Å². The van der Waals surface area contributed by atoms with E-state index in [0.717, 1.165) is 6.92 Å². The minimum atomic E-state index is -5.63. The van der Waals surface area contributed by atoms with Gasteiger partial charge in [-0.05, 0) is 6.92 Å². The molecule has 0 aromatic heterocycles. The van der Waals surface area contributed by atoms with Crippen molar-refractivity contribution in [3.05, 3.63) is 12.2 Å². The maximum atomic E-state index is 11.8. The van der Waals surface area contributed by atoms with Crippen LogP contribution in [0.4, 0.5) is 26.3 Å². The van der Waals surface area contributed by atoms with Crippen molar-refractivity contribution >= 4 is 14.1 Å². The molecular weight excluding hydrogens is 249 g/mol. The predicted octanol–water partition coefficient (Wildman–Crippen LogP) is 3.54. The highest BCUT2D eigenvalue weighted by atomic mass is 31.1. The maximum absolute atomic E-state index is 11.8. The van der Waals surface area contributed by atoms with Crippen molar-refractivity contribution in [3.8, 4) is 0 Å². The Balaban J connectivity index is 4.85. The third-order valence-corrected chi connectivity index (χ3v) is 2.25. The van der Waals surface area contributed by atoms with Gasteiger partial charge in [0.25, 0.3) is 0 Å². The van der Waals surface area contributed by atoms with Crippen LogP contribution in [0.3, 0.4) is 0 Å². The average molecular weight is 254 g/mol. The molecule has 0 spiro atoms. The Morgan fingerprint density at radius 1 is 1.13 bits per heavy atom. The van der Waals surface area contributed by atoms with Gasteiger partial charge in [-0.3, -0.25) is 0 Å². The first-order chi connectivity index (χ1) is 6.46. The van der Waals surface area contributed by atoms with Crippen molar-refractivity contribution in [1.82, 2.24) is 0 Å². The van der Waals surface area contributed by atoms with E-state index in [0.29, 0.717) is 0 Å². The molecule has 9 heteroatoms. The average Bonchev–Trinajstić information content (AvgIpc) is 1.94. The molecule has 2 nitrogen and oxygen atoms in total. The molecule has 0 N–H and O–H groups in total.